The number of ether oxygens (including phenoxy) is 3. The van der Waals surface area contributed by atoms with Crippen LogP contribution in [0.15, 0.2) is 73.0 Å². The van der Waals surface area contributed by atoms with E-state index in [1.165, 1.54) is 32.9 Å². The van der Waals surface area contributed by atoms with Gasteiger partial charge in [-0.2, -0.15) is 0 Å². The minimum absolute atomic E-state index is 0.0209. The lowest BCUT2D eigenvalue weighted by Gasteiger charge is -2.55. The number of hydrogen-bond donors (Lipinski definition) is 4. The number of esters is 1. The molecule has 18 atom stereocenters. The number of aliphatic hydroxyl groups excluding tert-OH is 3. The fraction of sp³-hybridized carbons (Fsp3) is 0.679. The van der Waals surface area contributed by atoms with Gasteiger partial charge < -0.3 is 34.6 Å². The van der Waals surface area contributed by atoms with Gasteiger partial charge in [-0.25, -0.2) is 9.48 Å². The second kappa shape index (κ2) is 23.0. The van der Waals surface area contributed by atoms with Crippen LogP contribution in [0.3, 0.4) is 0 Å². The van der Waals surface area contributed by atoms with Crippen molar-refractivity contribution in [2.45, 2.75) is 175 Å². The van der Waals surface area contributed by atoms with Gasteiger partial charge in [0.05, 0.1) is 42.8 Å². The predicted octanol–water partition coefficient (Wildman–Crippen LogP) is 8.02. The highest BCUT2D eigenvalue weighted by atomic mass is 16.7. The SMILES string of the molecule is CC[C@@H]1/C=C/C=C/C[C@H](C)[C@@H](O)[C@](C)(O)C(=O)[C@H](C)[C@@H](O)[C@H](C)C(=O)[C@H](C)[C@@H](O)[C@H](C)/C=C/C(=O)O[C@H]2[C@@H](C)[C@@H](CC1)O[C@@]1(CC[C@@H](C)[C@@H](C[C@H](C)n3cc(-c4ccccc4)nn3)O1)[C@@H]2C. The van der Waals surface area contributed by atoms with Crippen molar-refractivity contribution in [3.8, 4) is 11.3 Å². The zero-order valence-electron chi connectivity index (χ0n) is 41.2. The molecule has 1 aromatic carbocycles. The molecule has 1 aromatic heterocycles. The molecule has 366 valence electrons. The maximum Gasteiger partial charge on any atom is 0.330 e. The average Bonchev–Trinajstić information content (AvgIpc) is 3.82. The molecule has 13 heteroatoms. The normalized spacial score (nSPS) is 41.4. The van der Waals surface area contributed by atoms with Crippen LogP contribution in [0.1, 0.15) is 127 Å². The van der Waals surface area contributed by atoms with Crippen LogP contribution in [0, 0.1) is 53.3 Å². The number of nitrogens with zero attached hydrogens (tertiary/aromatic N) is 3. The van der Waals surface area contributed by atoms with E-state index < -0.39 is 82.9 Å². The van der Waals surface area contributed by atoms with Crippen molar-refractivity contribution in [1.82, 2.24) is 15.0 Å². The first-order valence-corrected chi connectivity index (χ1v) is 24.5. The first kappa shape index (κ1) is 53.1. The summed E-state index contributed by atoms with van der Waals surface area (Å²) in [6.45, 7) is 19.7. The fourth-order valence-electron chi connectivity index (χ4n) is 10.4. The van der Waals surface area contributed by atoms with Crippen molar-refractivity contribution in [3.63, 3.8) is 0 Å². The maximum atomic E-state index is 13.8. The Labute approximate surface area is 393 Å². The number of ketones is 2. The molecule has 0 saturated carbocycles. The van der Waals surface area contributed by atoms with Gasteiger partial charge in [-0.1, -0.05) is 128 Å². The first-order chi connectivity index (χ1) is 31.1. The van der Waals surface area contributed by atoms with Crippen molar-refractivity contribution in [3.05, 3.63) is 73.0 Å². The molecule has 13 nitrogen and oxygen atoms in total. The topological polar surface area (TPSA) is 191 Å². The van der Waals surface area contributed by atoms with Gasteiger partial charge in [0.2, 0.25) is 0 Å². The quantitative estimate of drug-likeness (QED) is 0.212. The van der Waals surface area contributed by atoms with Crippen molar-refractivity contribution in [1.29, 1.82) is 0 Å². The zero-order chi connectivity index (χ0) is 48.7. The molecule has 0 radical (unpaired) electrons. The lowest BCUT2D eigenvalue weighted by atomic mass is 9.74. The molecule has 1 spiro atoms. The van der Waals surface area contributed by atoms with Gasteiger partial charge in [0, 0.05) is 53.6 Å². The molecular formula is C53H79N3O10. The maximum absolute atomic E-state index is 13.8. The minimum Gasteiger partial charge on any atom is -0.458 e. The van der Waals surface area contributed by atoms with E-state index in [1.807, 2.05) is 66.4 Å². The molecule has 4 N–H and O–H groups in total. The Kier molecular flexibility index (Phi) is 18.5. The molecule has 66 heavy (non-hydrogen) atoms. The van der Waals surface area contributed by atoms with Gasteiger partial charge in [0.25, 0.3) is 0 Å². The van der Waals surface area contributed by atoms with Gasteiger partial charge in [0.15, 0.2) is 11.6 Å². The highest BCUT2D eigenvalue weighted by Gasteiger charge is 2.56. The van der Waals surface area contributed by atoms with E-state index in [2.05, 4.69) is 44.1 Å². The Bertz CT molecular complexity index is 2000. The first-order valence-electron chi connectivity index (χ1n) is 24.5. The van der Waals surface area contributed by atoms with Crippen molar-refractivity contribution >= 4 is 17.5 Å². The number of fused-ring (bicyclic) bond motifs is 2. The summed E-state index contributed by atoms with van der Waals surface area (Å²) in [5, 5.41) is 54.1. The largest absolute Gasteiger partial charge is 0.458 e. The van der Waals surface area contributed by atoms with E-state index in [0.29, 0.717) is 25.7 Å². The molecule has 2 aromatic rings. The molecule has 5 rings (SSSR count). The number of allylic oxidation sites excluding steroid dienone is 4. The molecule has 4 heterocycles. The van der Waals surface area contributed by atoms with Gasteiger partial charge in [-0.3, -0.25) is 9.59 Å². The van der Waals surface area contributed by atoms with Crippen LogP contribution in [-0.2, 0) is 28.6 Å². The predicted molar refractivity (Wildman–Crippen MR) is 253 cm³/mol. The number of aliphatic hydroxyl groups is 4. The molecule has 3 aliphatic heterocycles. The van der Waals surface area contributed by atoms with Gasteiger partial charge in [-0.15, -0.1) is 5.10 Å². The molecule has 3 aliphatic rings. The van der Waals surface area contributed by atoms with Crippen LogP contribution >= 0.6 is 0 Å². The monoisotopic (exact) mass is 918 g/mol. The zero-order valence-corrected chi connectivity index (χ0v) is 41.2. The highest BCUT2D eigenvalue weighted by molar-refractivity contribution is 5.91. The lowest BCUT2D eigenvalue weighted by Crippen LogP contribution is -2.62. The van der Waals surface area contributed by atoms with Crippen LogP contribution in [0.4, 0.5) is 0 Å². The molecule has 2 fully saturated rings. The van der Waals surface area contributed by atoms with E-state index in [0.717, 1.165) is 30.5 Å². The minimum atomic E-state index is -2.19. The average molecular weight is 918 g/mol. The van der Waals surface area contributed by atoms with Crippen LogP contribution in [0.25, 0.3) is 11.3 Å². The molecule has 2 bridgehead atoms. The van der Waals surface area contributed by atoms with Crippen molar-refractivity contribution in [2.24, 2.45) is 53.3 Å². The smallest absolute Gasteiger partial charge is 0.330 e. The summed E-state index contributed by atoms with van der Waals surface area (Å²) in [5.41, 5.74) is -0.391. The van der Waals surface area contributed by atoms with E-state index >= 15 is 0 Å². The summed E-state index contributed by atoms with van der Waals surface area (Å²) in [5.74, 6) is -7.33. The Morgan fingerprint density at radius 3 is 2.21 bits per heavy atom. The van der Waals surface area contributed by atoms with E-state index in [9.17, 15) is 34.8 Å². The number of benzene rings is 1. The highest BCUT2D eigenvalue weighted by Crippen LogP contribution is 2.49. The number of hydrogen-bond acceptors (Lipinski definition) is 12. The molecular weight excluding hydrogens is 839 g/mol. The Hall–Kier alpha value is -3.85. The summed E-state index contributed by atoms with van der Waals surface area (Å²) in [6, 6.07) is 9.95. The van der Waals surface area contributed by atoms with Crippen molar-refractivity contribution in [2.75, 3.05) is 0 Å². The van der Waals surface area contributed by atoms with Crippen molar-refractivity contribution < 1.29 is 49.0 Å². The third kappa shape index (κ3) is 12.2. The Morgan fingerprint density at radius 2 is 1.53 bits per heavy atom. The van der Waals surface area contributed by atoms with Crippen LogP contribution in [0.2, 0.25) is 0 Å². The van der Waals surface area contributed by atoms with Gasteiger partial charge >= 0.3 is 5.97 Å². The van der Waals surface area contributed by atoms with Gasteiger partial charge in [-0.05, 0) is 70.1 Å². The third-order valence-corrected chi connectivity index (χ3v) is 15.5. The fourth-order valence-corrected chi connectivity index (χ4v) is 10.4. The summed E-state index contributed by atoms with van der Waals surface area (Å²) < 4.78 is 22.6. The number of carbonyl (C=O) groups excluding carboxylic acids is 3. The van der Waals surface area contributed by atoms with Crippen LogP contribution < -0.4 is 0 Å². The second-order valence-electron chi connectivity index (χ2n) is 20.4. The van der Waals surface area contributed by atoms with Crippen LogP contribution in [-0.4, -0.2) is 101 Å². The van der Waals surface area contributed by atoms with E-state index in [-0.39, 0.29) is 41.9 Å². The van der Waals surface area contributed by atoms with Crippen LogP contribution in [0.5, 0.6) is 0 Å². The van der Waals surface area contributed by atoms with Gasteiger partial charge in [0.1, 0.15) is 23.2 Å². The standard InChI is InChI=1S/C53H79N3O10/c1-12-40-20-16-13-15-19-33(4)50(61)52(11,63)51(62)38(9)48(60)37(8)47(59)36(7)46(58)32(3)23-26-45(57)64-49-35(6)43(25-24-40)65-53(39(49)10)28-27-31(2)44(66-53)29-34(5)56-30-42(54-55-56)41-21-17-14-18-22-41/h13-18,20-23,26,30-40,43-44,46,48-50,58,60-61,63H,12,19,24-25,27-29H2,1-11H3/b15-13+,20-16+,26-23+/t31-,32-,33+,34+,35+,36-,37-,38-,39-,40-,43-,44-,46+,48+,49+,50-,52+,53-/m1/s1. The number of carbonyl (C=O) groups is 3. The summed E-state index contributed by atoms with van der Waals surface area (Å²) in [4.78, 5) is 41.0. The van der Waals surface area contributed by atoms with E-state index in [1.54, 1.807) is 20.8 Å². The number of aromatic nitrogens is 3. The summed E-state index contributed by atoms with van der Waals surface area (Å²) >= 11 is 0. The number of rotatable bonds is 5. The van der Waals surface area contributed by atoms with E-state index in [4.69, 9.17) is 14.2 Å². The second-order valence-corrected chi connectivity index (χ2v) is 20.4. The Balaban J connectivity index is 1.42. The molecule has 0 unspecified atom stereocenters. The molecule has 0 aliphatic carbocycles. The molecule has 0 amide bonds. The summed E-state index contributed by atoms with van der Waals surface area (Å²) in [7, 11) is 0. The number of Topliss-reactive ketones (excluding diaryl/α,β-unsaturated/α-hetero) is 2. The Morgan fingerprint density at radius 1 is 0.848 bits per heavy atom. The molecule has 2 saturated heterocycles. The third-order valence-electron chi connectivity index (χ3n) is 15.5. The lowest BCUT2D eigenvalue weighted by molar-refractivity contribution is -0.370. The summed E-state index contributed by atoms with van der Waals surface area (Å²) in [6.07, 6.45) is 12.5.